The molecule has 25 heavy (non-hydrogen) atoms. The van der Waals surface area contributed by atoms with Gasteiger partial charge in [0.1, 0.15) is 0 Å². The number of hydrogen-bond donors (Lipinski definition) is 1. The molecule has 0 bridgehead atoms. The van der Waals surface area contributed by atoms with Crippen LogP contribution in [0.15, 0.2) is 53.9 Å². The molecule has 5 heteroatoms. The molecule has 132 valence electrons. The van der Waals surface area contributed by atoms with Crippen LogP contribution in [0.1, 0.15) is 36.1 Å². The molecule has 1 nitrogen and oxygen atoms in total. The molecule has 0 saturated heterocycles. The Kier molecular flexibility index (Phi) is 5.45. The SMILES string of the molecule is CC(NCCCc1cccc(C(F)(F)F)c1)c1csc2ccccc12. The van der Waals surface area contributed by atoms with Crippen molar-refractivity contribution in [3.05, 3.63) is 70.6 Å². The van der Waals surface area contributed by atoms with Crippen molar-refractivity contribution < 1.29 is 13.2 Å². The lowest BCUT2D eigenvalue weighted by molar-refractivity contribution is -0.137. The van der Waals surface area contributed by atoms with Crippen molar-refractivity contribution in [1.82, 2.24) is 5.32 Å². The van der Waals surface area contributed by atoms with E-state index >= 15 is 0 Å². The van der Waals surface area contributed by atoms with Gasteiger partial charge in [0.25, 0.3) is 0 Å². The average molecular weight is 363 g/mol. The molecule has 1 atom stereocenters. The fourth-order valence-electron chi connectivity index (χ4n) is 2.96. The molecule has 2 aromatic carbocycles. The normalized spacial score (nSPS) is 13.3. The van der Waals surface area contributed by atoms with Crippen LogP contribution >= 0.6 is 11.3 Å². The largest absolute Gasteiger partial charge is 0.416 e. The highest BCUT2D eigenvalue weighted by Crippen LogP contribution is 2.31. The van der Waals surface area contributed by atoms with Crippen molar-refractivity contribution >= 4 is 21.4 Å². The lowest BCUT2D eigenvalue weighted by Gasteiger charge is -2.14. The molecule has 0 aliphatic heterocycles. The van der Waals surface area contributed by atoms with Crippen molar-refractivity contribution in [1.29, 1.82) is 0 Å². The van der Waals surface area contributed by atoms with Gasteiger partial charge in [0, 0.05) is 10.7 Å². The molecule has 0 saturated carbocycles. The van der Waals surface area contributed by atoms with Crippen LogP contribution in [0.25, 0.3) is 10.1 Å². The summed E-state index contributed by atoms with van der Waals surface area (Å²) < 4.78 is 39.5. The van der Waals surface area contributed by atoms with Gasteiger partial charge in [-0.15, -0.1) is 11.3 Å². The van der Waals surface area contributed by atoms with Gasteiger partial charge in [-0.05, 0) is 60.3 Å². The molecule has 1 N–H and O–H groups in total. The van der Waals surface area contributed by atoms with Gasteiger partial charge in [-0.3, -0.25) is 0 Å². The number of aryl methyl sites for hydroxylation is 1. The molecule has 1 aromatic heterocycles. The molecular formula is C20H20F3NS. The highest BCUT2D eigenvalue weighted by atomic mass is 32.1. The first-order chi connectivity index (χ1) is 11.9. The number of thiophene rings is 1. The van der Waals surface area contributed by atoms with Crippen LogP contribution in [0.3, 0.4) is 0 Å². The highest BCUT2D eigenvalue weighted by Gasteiger charge is 2.30. The highest BCUT2D eigenvalue weighted by molar-refractivity contribution is 7.17. The van der Waals surface area contributed by atoms with Crippen LogP contribution in [0.2, 0.25) is 0 Å². The van der Waals surface area contributed by atoms with Crippen LogP contribution in [0.5, 0.6) is 0 Å². The first-order valence-corrected chi connectivity index (χ1v) is 9.19. The van der Waals surface area contributed by atoms with Gasteiger partial charge in [0.15, 0.2) is 0 Å². The predicted octanol–water partition coefficient (Wildman–Crippen LogP) is 6.20. The molecular weight excluding hydrogens is 343 g/mol. The Morgan fingerprint density at radius 3 is 2.68 bits per heavy atom. The third-order valence-corrected chi connectivity index (χ3v) is 5.31. The number of fused-ring (bicyclic) bond motifs is 1. The lowest BCUT2D eigenvalue weighted by Crippen LogP contribution is -2.20. The number of rotatable bonds is 6. The van der Waals surface area contributed by atoms with Gasteiger partial charge in [-0.1, -0.05) is 36.4 Å². The fraction of sp³-hybridized carbons (Fsp3) is 0.300. The van der Waals surface area contributed by atoms with E-state index in [9.17, 15) is 13.2 Å². The number of nitrogens with one attached hydrogen (secondary N) is 1. The number of benzene rings is 2. The third kappa shape index (κ3) is 4.41. The van der Waals surface area contributed by atoms with Crippen LogP contribution in [-0.4, -0.2) is 6.54 Å². The molecule has 3 aromatic rings. The lowest BCUT2D eigenvalue weighted by atomic mass is 10.1. The Labute approximate surface area is 149 Å². The maximum atomic E-state index is 12.7. The van der Waals surface area contributed by atoms with Gasteiger partial charge >= 0.3 is 6.18 Å². The summed E-state index contributed by atoms with van der Waals surface area (Å²) in [6, 6.07) is 14.1. The molecule has 0 spiro atoms. The van der Waals surface area contributed by atoms with E-state index in [1.807, 2.05) is 12.1 Å². The van der Waals surface area contributed by atoms with E-state index in [1.165, 1.54) is 27.8 Å². The summed E-state index contributed by atoms with van der Waals surface area (Å²) in [5.41, 5.74) is 1.43. The Morgan fingerprint density at radius 1 is 1.08 bits per heavy atom. The fourth-order valence-corrected chi connectivity index (χ4v) is 4.01. The van der Waals surface area contributed by atoms with Crippen molar-refractivity contribution in [3.63, 3.8) is 0 Å². The smallest absolute Gasteiger partial charge is 0.310 e. The molecule has 0 aliphatic carbocycles. The second-order valence-electron chi connectivity index (χ2n) is 6.16. The molecule has 0 radical (unpaired) electrons. The van der Waals surface area contributed by atoms with Crippen LogP contribution in [0.4, 0.5) is 13.2 Å². The first kappa shape index (κ1) is 18.0. The van der Waals surface area contributed by atoms with E-state index in [-0.39, 0.29) is 6.04 Å². The zero-order valence-electron chi connectivity index (χ0n) is 13.9. The maximum absolute atomic E-state index is 12.7. The summed E-state index contributed by atoms with van der Waals surface area (Å²) in [7, 11) is 0. The van der Waals surface area contributed by atoms with Gasteiger partial charge in [0.2, 0.25) is 0 Å². The standard InChI is InChI=1S/C20H20F3NS/c1-14(18-13-25-19-10-3-2-9-17(18)19)24-11-5-7-15-6-4-8-16(12-15)20(21,22)23/h2-4,6,8-10,12-14,24H,5,7,11H2,1H3. The van der Waals surface area contributed by atoms with Gasteiger partial charge in [0.05, 0.1) is 5.56 Å². The minimum atomic E-state index is -4.28. The zero-order valence-corrected chi connectivity index (χ0v) is 14.8. The molecule has 0 aliphatic rings. The van der Waals surface area contributed by atoms with Crippen molar-refractivity contribution in [2.24, 2.45) is 0 Å². The minimum absolute atomic E-state index is 0.220. The summed E-state index contributed by atoms with van der Waals surface area (Å²) >= 11 is 1.74. The van der Waals surface area contributed by atoms with Crippen LogP contribution in [0, 0.1) is 0 Å². The summed E-state index contributed by atoms with van der Waals surface area (Å²) in [6.07, 6.45) is -2.84. The Bertz CT molecular complexity index is 838. The Balaban J connectivity index is 1.53. The Hall–Kier alpha value is -1.85. The van der Waals surface area contributed by atoms with E-state index in [0.29, 0.717) is 6.42 Å². The van der Waals surface area contributed by atoms with Crippen LogP contribution in [-0.2, 0) is 12.6 Å². The van der Waals surface area contributed by atoms with Crippen molar-refractivity contribution in [3.8, 4) is 0 Å². The van der Waals surface area contributed by atoms with E-state index in [2.05, 4.69) is 29.8 Å². The van der Waals surface area contributed by atoms with Crippen molar-refractivity contribution in [2.45, 2.75) is 32.0 Å². The topological polar surface area (TPSA) is 12.0 Å². The molecule has 1 heterocycles. The Morgan fingerprint density at radius 2 is 1.88 bits per heavy atom. The quantitative estimate of drug-likeness (QED) is 0.514. The summed E-state index contributed by atoms with van der Waals surface area (Å²) in [5.74, 6) is 0. The summed E-state index contributed by atoms with van der Waals surface area (Å²) in [6.45, 7) is 2.89. The van der Waals surface area contributed by atoms with E-state index in [0.717, 1.165) is 24.6 Å². The predicted molar refractivity (Wildman–Crippen MR) is 98.0 cm³/mol. The maximum Gasteiger partial charge on any atom is 0.416 e. The number of halogens is 3. The molecule has 0 amide bonds. The van der Waals surface area contributed by atoms with E-state index < -0.39 is 11.7 Å². The van der Waals surface area contributed by atoms with Gasteiger partial charge < -0.3 is 5.32 Å². The number of hydrogen-bond acceptors (Lipinski definition) is 2. The minimum Gasteiger partial charge on any atom is -0.310 e. The van der Waals surface area contributed by atoms with E-state index in [4.69, 9.17) is 0 Å². The molecule has 0 fully saturated rings. The monoisotopic (exact) mass is 363 g/mol. The third-order valence-electron chi connectivity index (χ3n) is 4.32. The van der Waals surface area contributed by atoms with Crippen LogP contribution < -0.4 is 5.32 Å². The second-order valence-corrected chi connectivity index (χ2v) is 7.08. The van der Waals surface area contributed by atoms with Gasteiger partial charge in [-0.2, -0.15) is 13.2 Å². The number of alkyl halides is 3. The van der Waals surface area contributed by atoms with E-state index in [1.54, 1.807) is 17.4 Å². The average Bonchev–Trinajstić information content (AvgIpc) is 3.02. The zero-order chi connectivity index (χ0) is 17.9. The first-order valence-electron chi connectivity index (χ1n) is 8.31. The van der Waals surface area contributed by atoms with Gasteiger partial charge in [-0.25, -0.2) is 0 Å². The summed E-state index contributed by atoms with van der Waals surface area (Å²) in [5, 5.41) is 6.92. The second kappa shape index (κ2) is 7.58. The molecule has 3 rings (SSSR count). The summed E-state index contributed by atoms with van der Waals surface area (Å²) in [4.78, 5) is 0. The van der Waals surface area contributed by atoms with Crippen molar-refractivity contribution in [2.75, 3.05) is 6.54 Å². The molecule has 1 unspecified atom stereocenters.